The molecule has 3 heteroatoms. The SMILES string of the molecule is CCN(c1ccc(CN)cc1C#N)C1CCCCC1. The van der Waals surface area contributed by atoms with Crippen molar-refractivity contribution in [3.8, 4) is 6.07 Å². The summed E-state index contributed by atoms with van der Waals surface area (Å²) in [7, 11) is 0. The van der Waals surface area contributed by atoms with Crippen molar-refractivity contribution in [2.45, 2.75) is 51.6 Å². The van der Waals surface area contributed by atoms with E-state index in [2.05, 4.69) is 24.0 Å². The molecule has 0 amide bonds. The Morgan fingerprint density at radius 1 is 1.32 bits per heavy atom. The zero-order valence-corrected chi connectivity index (χ0v) is 11.7. The van der Waals surface area contributed by atoms with Crippen LogP contribution in [0.15, 0.2) is 18.2 Å². The Balaban J connectivity index is 2.29. The summed E-state index contributed by atoms with van der Waals surface area (Å²) in [5, 5.41) is 9.36. The van der Waals surface area contributed by atoms with E-state index in [4.69, 9.17) is 5.73 Å². The minimum Gasteiger partial charge on any atom is -0.368 e. The van der Waals surface area contributed by atoms with E-state index in [9.17, 15) is 5.26 Å². The van der Waals surface area contributed by atoms with E-state index in [1.165, 1.54) is 32.1 Å². The van der Waals surface area contributed by atoms with Crippen LogP contribution in [-0.2, 0) is 6.54 Å². The van der Waals surface area contributed by atoms with E-state index < -0.39 is 0 Å². The number of hydrogen-bond donors (Lipinski definition) is 1. The largest absolute Gasteiger partial charge is 0.368 e. The van der Waals surface area contributed by atoms with Crippen molar-refractivity contribution >= 4 is 5.69 Å². The maximum atomic E-state index is 9.36. The zero-order chi connectivity index (χ0) is 13.7. The maximum absolute atomic E-state index is 9.36. The van der Waals surface area contributed by atoms with E-state index in [0.717, 1.165) is 23.4 Å². The van der Waals surface area contributed by atoms with Crippen molar-refractivity contribution in [3.05, 3.63) is 29.3 Å². The lowest BCUT2D eigenvalue weighted by Crippen LogP contribution is -2.37. The van der Waals surface area contributed by atoms with Crippen molar-refractivity contribution in [3.63, 3.8) is 0 Å². The van der Waals surface area contributed by atoms with Gasteiger partial charge < -0.3 is 10.6 Å². The van der Waals surface area contributed by atoms with Crippen LogP contribution in [0.5, 0.6) is 0 Å². The summed E-state index contributed by atoms with van der Waals surface area (Å²) in [4.78, 5) is 2.40. The fourth-order valence-corrected chi connectivity index (χ4v) is 3.07. The molecule has 1 fully saturated rings. The maximum Gasteiger partial charge on any atom is 0.101 e. The molecule has 0 heterocycles. The summed E-state index contributed by atoms with van der Waals surface area (Å²) in [6, 6.07) is 8.96. The first-order valence-corrected chi connectivity index (χ1v) is 7.30. The Labute approximate surface area is 116 Å². The van der Waals surface area contributed by atoms with Gasteiger partial charge in [0.1, 0.15) is 6.07 Å². The molecular weight excluding hydrogens is 234 g/mol. The van der Waals surface area contributed by atoms with E-state index in [1.807, 2.05) is 12.1 Å². The molecule has 1 aliphatic carbocycles. The van der Waals surface area contributed by atoms with Gasteiger partial charge in [-0.3, -0.25) is 0 Å². The highest BCUT2D eigenvalue weighted by molar-refractivity contribution is 5.61. The van der Waals surface area contributed by atoms with Crippen LogP contribution in [0.4, 0.5) is 5.69 Å². The summed E-state index contributed by atoms with van der Waals surface area (Å²) in [5.74, 6) is 0. The monoisotopic (exact) mass is 257 g/mol. The third kappa shape index (κ3) is 3.08. The van der Waals surface area contributed by atoms with Crippen LogP contribution in [0, 0.1) is 11.3 Å². The number of benzene rings is 1. The van der Waals surface area contributed by atoms with Crippen molar-refractivity contribution in [2.75, 3.05) is 11.4 Å². The van der Waals surface area contributed by atoms with Gasteiger partial charge in [-0.1, -0.05) is 25.3 Å². The smallest absolute Gasteiger partial charge is 0.101 e. The van der Waals surface area contributed by atoms with Crippen molar-refractivity contribution in [1.82, 2.24) is 0 Å². The van der Waals surface area contributed by atoms with Gasteiger partial charge in [0.15, 0.2) is 0 Å². The molecule has 1 saturated carbocycles. The van der Waals surface area contributed by atoms with E-state index in [-0.39, 0.29) is 0 Å². The minimum atomic E-state index is 0.491. The highest BCUT2D eigenvalue weighted by Gasteiger charge is 2.22. The zero-order valence-electron chi connectivity index (χ0n) is 11.7. The quantitative estimate of drug-likeness (QED) is 0.901. The Bertz CT molecular complexity index is 456. The summed E-state index contributed by atoms with van der Waals surface area (Å²) < 4.78 is 0. The molecule has 0 saturated heterocycles. The number of nitrogens with two attached hydrogens (primary N) is 1. The van der Waals surface area contributed by atoms with Crippen LogP contribution in [0.3, 0.4) is 0 Å². The van der Waals surface area contributed by atoms with Crippen LogP contribution < -0.4 is 10.6 Å². The molecule has 0 aliphatic heterocycles. The van der Waals surface area contributed by atoms with Gasteiger partial charge in [0.05, 0.1) is 11.3 Å². The average Bonchev–Trinajstić information content (AvgIpc) is 2.49. The van der Waals surface area contributed by atoms with Crippen LogP contribution in [0.2, 0.25) is 0 Å². The van der Waals surface area contributed by atoms with Gasteiger partial charge in [0.25, 0.3) is 0 Å². The van der Waals surface area contributed by atoms with Gasteiger partial charge in [-0.2, -0.15) is 5.26 Å². The highest BCUT2D eigenvalue weighted by Crippen LogP contribution is 2.29. The van der Waals surface area contributed by atoms with Gasteiger partial charge in [-0.05, 0) is 37.5 Å². The van der Waals surface area contributed by atoms with Crippen LogP contribution >= 0.6 is 0 Å². The second-order valence-corrected chi connectivity index (χ2v) is 5.25. The van der Waals surface area contributed by atoms with Gasteiger partial charge in [-0.25, -0.2) is 0 Å². The van der Waals surface area contributed by atoms with Crippen molar-refractivity contribution in [2.24, 2.45) is 5.73 Å². The fourth-order valence-electron chi connectivity index (χ4n) is 3.07. The standard InChI is InChI=1S/C16H23N3/c1-2-19(15-6-4-3-5-7-15)16-9-8-13(11-17)10-14(16)12-18/h8-10,15H,2-7,11,17H2,1H3. The van der Waals surface area contributed by atoms with Gasteiger partial charge in [0.2, 0.25) is 0 Å². The van der Waals surface area contributed by atoms with Crippen LogP contribution in [0.25, 0.3) is 0 Å². The van der Waals surface area contributed by atoms with Crippen molar-refractivity contribution < 1.29 is 0 Å². The molecule has 2 N–H and O–H groups in total. The summed E-state index contributed by atoms with van der Waals surface area (Å²) in [6.45, 7) is 3.62. The molecular formula is C16H23N3. The number of anilines is 1. The first-order chi connectivity index (χ1) is 9.30. The van der Waals surface area contributed by atoms with E-state index in [0.29, 0.717) is 12.6 Å². The first-order valence-electron chi connectivity index (χ1n) is 7.30. The lowest BCUT2D eigenvalue weighted by Gasteiger charge is -2.36. The number of nitriles is 1. The Morgan fingerprint density at radius 2 is 2.05 bits per heavy atom. The van der Waals surface area contributed by atoms with Gasteiger partial charge in [-0.15, -0.1) is 0 Å². The molecule has 19 heavy (non-hydrogen) atoms. The summed E-state index contributed by atoms with van der Waals surface area (Å²) >= 11 is 0. The average molecular weight is 257 g/mol. The van der Waals surface area contributed by atoms with E-state index >= 15 is 0 Å². The second kappa shape index (κ2) is 6.58. The molecule has 0 radical (unpaired) electrons. The number of hydrogen-bond acceptors (Lipinski definition) is 3. The molecule has 2 rings (SSSR count). The van der Waals surface area contributed by atoms with Gasteiger partial charge >= 0.3 is 0 Å². The molecule has 1 aliphatic rings. The molecule has 0 bridgehead atoms. The molecule has 0 atom stereocenters. The third-order valence-corrected chi connectivity index (χ3v) is 4.08. The molecule has 0 unspecified atom stereocenters. The topological polar surface area (TPSA) is 53.0 Å². The minimum absolute atomic E-state index is 0.491. The summed E-state index contributed by atoms with van der Waals surface area (Å²) in [5.41, 5.74) is 8.52. The molecule has 1 aromatic carbocycles. The normalized spacial score (nSPS) is 16.1. The molecule has 3 nitrogen and oxygen atoms in total. The highest BCUT2D eigenvalue weighted by atomic mass is 15.2. The van der Waals surface area contributed by atoms with E-state index in [1.54, 1.807) is 0 Å². The number of nitrogens with zero attached hydrogens (tertiary/aromatic N) is 2. The Hall–Kier alpha value is -1.53. The molecule has 0 aromatic heterocycles. The predicted octanol–water partition coefficient (Wildman–Crippen LogP) is 3.18. The van der Waals surface area contributed by atoms with Crippen molar-refractivity contribution in [1.29, 1.82) is 5.26 Å². The lowest BCUT2D eigenvalue weighted by atomic mass is 9.93. The Morgan fingerprint density at radius 3 is 2.63 bits per heavy atom. The summed E-state index contributed by atoms with van der Waals surface area (Å²) in [6.07, 6.45) is 6.47. The molecule has 0 spiro atoms. The third-order valence-electron chi connectivity index (χ3n) is 4.08. The Kier molecular flexibility index (Phi) is 4.81. The lowest BCUT2D eigenvalue weighted by molar-refractivity contribution is 0.418. The number of rotatable bonds is 4. The fraction of sp³-hybridized carbons (Fsp3) is 0.562. The predicted molar refractivity (Wildman–Crippen MR) is 78.9 cm³/mol. The second-order valence-electron chi connectivity index (χ2n) is 5.25. The van der Waals surface area contributed by atoms with Crippen LogP contribution in [-0.4, -0.2) is 12.6 Å². The molecule has 1 aromatic rings. The van der Waals surface area contributed by atoms with Gasteiger partial charge in [0, 0.05) is 19.1 Å². The van der Waals surface area contributed by atoms with Crippen LogP contribution in [0.1, 0.15) is 50.2 Å². The molecule has 102 valence electrons. The first kappa shape index (κ1) is 13.9.